The summed E-state index contributed by atoms with van der Waals surface area (Å²) in [6.45, 7) is 15.7. The quantitative estimate of drug-likeness (QED) is 0.402. The SMILES string of the molecule is CC(C)[C@@H](OC(=O)N(C)C)[C]1C[C@@H](C)[C@H]2[C](O1)[C@H](O)[C@@]1(C)[C]3CC[C@H]4C(C)(C)C(OC(N)=O)CC[C@@]45C[C@@]35CC[C@]21C. The Morgan fingerprint density at radius 2 is 1.79 bits per heavy atom. The molecule has 3 radical (unpaired) electrons. The van der Waals surface area contributed by atoms with Crippen molar-refractivity contribution in [2.45, 2.75) is 118 Å². The van der Waals surface area contributed by atoms with Crippen LogP contribution in [-0.4, -0.2) is 54.6 Å². The number of amides is 2. The van der Waals surface area contributed by atoms with Crippen molar-refractivity contribution in [2.75, 3.05) is 14.1 Å². The first-order valence-corrected chi connectivity index (χ1v) is 16.3. The Bertz CT molecular complexity index is 1130. The standard InChI is InChI=1S/C34H53N2O6/c1-18(2)25(42-29(39)36(8)9)20-16-19(3)24-26(40-20)27(37)32(7)22-11-10-21-30(4,5)23(41-28(35)38)12-13-33(21)17-34(22,33)15-14-31(24,32)6/h18-19,21,23-25,27,37H,10-17H2,1-9H3,(H2,35,38)/t19-,21+,23?,24+,25-,27+,31-,32-,33-,34+/m1/s1. The smallest absolute Gasteiger partial charge is 0.409 e. The highest BCUT2D eigenvalue weighted by Crippen LogP contribution is 2.90. The van der Waals surface area contributed by atoms with Gasteiger partial charge < -0.3 is 30.0 Å². The number of hydrogen-bond acceptors (Lipinski definition) is 6. The van der Waals surface area contributed by atoms with Crippen LogP contribution < -0.4 is 5.73 Å². The first-order chi connectivity index (χ1) is 19.5. The fourth-order valence-corrected chi connectivity index (χ4v) is 11.7. The topological polar surface area (TPSA) is 111 Å². The summed E-state index contributed by atoms with van der Waals surface area (Å²) >= 11 is 0. The van der Waals surface area contributed by atoms with Gasteiger partial charge in [0.1, 0.15) is 24.4 Å². The molecule has 6 aliphatic rings. The summed E-state index contributed by atoms with van der Waals surface area (Å²) in [6.07, 6.45) is 7.22. The molecule has 5 saturated carbocycles. The molecule has 1 aliphatic heterocycles. The van der Waals surface area contributed by atoms with Crippen LogP contribution >= 0.6 is 0 Å². The highest BCUT2D eigenvalue weighted by Gasteiger charge is 2.85. The van der Waals surface area contributed by atoms with E-state index in [1.807, 2.05) is 13.8 Å². The fourth-order valence-electron chi connectivity index (χ4n) is 11.7. The van der Waals surface area contributed by atoms with Crippen LogP contribution in [0.3, 0.4) is 0 Å². The number of rotatable bonds is 4. The number of aliphatic hydroxyl groups excluding tert-OH is 1. The molecular weight excluding hydrogens is 532 g/mol. The van der Waals surface area contributed by atoms with Gasteiger partial charge in [-0.15, -0.1) is 0 Å². The average Bonchev–Trinajstić information content (AvgIpc) is 3.53. The molecule has 0 aromatic rings. The van der Waals surface area contributed by atoms with Gasteiger partial charge in [0.25, 0.3) is 0 Å². The zero-order valence-corrected chi connectivity index (χ0v) is 27.2. The molecule has 42 heavy (non-hydrogen) atoms. The van der Waals surface area contributed by atoms with Crippen molar-refractivity contribution >= 4 is 12.2 Å². The van der Waals surface area contributed by atoms with E-state index in [2.05, 4.69) is 34.6 Å². The van der Waals surface area contributed by atoms with Gasteiger partial charge in [-0.3, -0.25) is 0 Å². The van der Waals surface area contributed by atoms with Crippen LogP contribution in [-0.2, 0) is 14.2 Å². The number of nitrogens with zero attached hydrogens (tertiary/aromatic N) is 1. The van der Waals surface area contributed by atoms with Crippen molar-refractivity contribution in [1.29, 1.82) is 0 Å². The molecule has 0 aromatic heterocycles. The van der Waals surface area contributed by atoms with Gasteiger partial charge in [0.15, 0.2) is 0 Å². The highest BCUT2D eigenvalue weighted by atomic mass is 16.6. The summed E-state index contributed by atoms with van der Waals surface area (Å²) < 4.78 is 18.3. The minimum atomic E-state index is -0.702. The Morgan fingerprint density at radius 1 is 1.10 bits per heavy atom. The summed E-state index contributed by atoms with van der Waals surface area (Å²) in [5.41, 5.74) is 5.18. The van der Waals surface area contributed by atoms with E-state index in [0.29, 0.717) is 5.92 Å². The molecule has 8 nitrogen and oxygen atoms in total. The molecule has 5 aliphatic carbocycles. The number of carbonyl (C=O) groups excluding carboxylic acids is 2. The van der Waals surface area contributed by atoms with Crippen LogP contribution in [0.25, 0.3) is 0 Å². The van der Waals surface area contributed by atoms with Gasteiger partial charge in [0, 0.05) is 30.8 Å². The van der Waals surface area contributed by atoms with Crippen LogP contribution in [0.1, 0.15) is 99.8 Å². The fraction of sp³-hybridized carbons (Fsp3) is 0.853. The molecule has 8 heteroatoms. The second-order valence-electron chi connectivity index (χ2n) is 16.4. The van der Waals surface area contributed by atoms with Gasteiger partial charge in [0.05, 0.1) is 6.10 Å². The molecule has 3 N–H and O–H groups in total. The Balaban J connectivity index is 1.30. The van der Waals surface area contributed by atoms with E-state index in [1.165, 1.54) is 11.3 Å². The first kappa shape index (κ1) is 30.5. The number of ether oxygens (including phenoxy) is 3. The van der Waals surface area contributed by atoms with Gasteiger partial charge >= 0.3 is 12.2 Å². The van der Waals surface area contributed by atoms with Crippen molar-refractivity contribution < 1.29 is 28.9 Å². The second-order valence-corrected chi connectivity index (χ2v) is 16.4. The lowest BCUT2D eigenvalue weighted by Gasteiger charge is -2.63. The van der Waals surface area contributed by atoms with Crippen molar-refractivity contribution in [3.8, 4) is 0 Å². The zero-order chi connectivity index (χ0) is 30.8. The molecule has 10 atom stereocenters. The van der Waals surface area contributed by atoms with E-state index >= 15 is 0 Å². The average molecular weight is 586 g/mol. The number of hydrogen-bond donors (Lipinski definition) is 2. The van der Waals surface area contributed by atoms with Crippen LogP contribution in [0.4, 0.5) is 9.59 Å². The van der Waals surface area contributed by atoms with E-state index in [1.54, 1.807) is 20.0 Å². The first-order valence-electron chi connectivity index (χ1n) is 16.3. The summed E-state index contributed by atoms with van der Waals surface area (Å²) in [6, 6.07) is 0. The van der Waals surface area contributed by atoms with Gasteiger partial charge in [0.2, 0.25) is 0 Å². The number of carbonyl (C=O) groups is 2. The maximum absolute atomic E-state index is 12.6. The molecule has 0 bridgehead atoms. The lowest BCUT2D eigenvalue weighted by atomic mass is 9.41. The van der Waals surface area contributed by atoms with Crippen LogP contribution in [0.5, 0.6) is 0 Å². The molecule has 235 valence electrons. The van der Waals surface area contributed by atoms with Gasteiger partial charge in [-0.05, 0) is 91.3 Å². The van der Waals surface area contributed by atoms with Crippen LogP contribution in [0.2, 0.25) is 0 Å². The van der Waals surface area contributed by atoms with E-state index in [-0.39, 0.29) is 57.0 Å². The molecule has 1 heterocycles. The Kier molecular flexibility index (Phi) is 6.88. The maximum Gasteiger partial charge on any atom is 0.409 e. The number of nitrogens with two attached hydrogens (primary N) is 1. The van der Waals surface area contributed by atoms with Gasteiger partial charge in [-0.25, -0.2) is 9.59 Å². The normalized spacial score (nSPS) is 46.9. The molecule has 0 aromatic carbocycles. The minimum Gasteiger partial charge on any atom is -0.446 e. The molecule has 1 saturated heterocycles. The molecule has 6 rings (SSSR count). The van der Waals surface area contributed by atoms with Crippen LogP contribution in [0.15, 0.2) is 0 Å². The monoisotopic (exact) mass is 585 g/mol. The van der Waals surface area contributed by atoms with E-state index in [9.17, 15) is 14.7 Å². The van der Waals surface area contributed by atoms with Gasteiger partial charge in [-0.1, -0.05) is 48.5 Å². The van der Waals surface area contributed by atoms with E-state index in [4.69, 9.17) is 19.9 Å². The Labute approximate surface area is 252 Å². The Morgan fingerprint density at radius 3 is 2.40 bits per heavy atom. The van der Waals surface area contributed by atoms with E-state index < -0.39 is 18.3 Å². The molecule has 1 unspecified atom stereocenters. The molecule has 6 fully saturated rings. The Hall–Kier alpha value is -1.54. The largest absolute Gasteiger partial charge is 0.446 e. The minimum absolute atomic E-state index is 0.0523. The predicted octanol–water partition coefficient (Wildman–Crippen LogP) is 6.27. The summed E-state index contributed by atoms with van der Waals surface area (Å²) in [5, 5.41) is 12.4. The predicted molar refractivity (Wildman–Crippen MR) is 158 cm³/mol. The third-order valence-corrected chi connectivity index (χ3v) is 13.8. The van der Waals surface area contributed by atoms with E-state index in [0.717, 1.165) is 57.2 Å². The number of primary amides is 1. The maximum atomic E-state index is 12.6. The molecular formula is C34H53N2O6. The number of aliphatic hydroxyl groups is 1. The lowest BCUT2D eigenvalue weighted by molar-refractivity contribution is -0.125. The van der Waals surface area contributed by atoms with Crippen molar-refractivity contribution in [3.05, 3.63) is 18.1 Å². The van der Waals surface area contributed by atoms with Crippen LogP contribution in [0, 0.1) is 68.9 Å². The summed E-state index contributed by atoms with van der Waals surface area (Å²) in [5.74, 6) is 2.49. The third kappa shape index (κ3) is 3.72. The molecule has 2 amide bonds. The summed E-state index contributed by atoms with van der Waals surface area (Å²) in [7, 11) is 3.38. The second kappa shape index (κ2) is 9.48. The number of fused-ring (bicyclic) bond motifs is 4. The lowest BCUT2D eigenvalue weighted by Crippen LogP contribution is -2.59. The summed E-state index contributed by atoms with van der Waals surface area (Å²) in [4.78, 5) is 25.7. The zero-order valence-electron chi connectivity index (χ0n) is 27.2. The van der Waals surface area contributed by atoms with Crippen molar-refractivity contribution in [3.63, 3.8) is 0 Å². The highest BCUT2D eigenvalue weighted by molar-refractivity contribution is 5.67. The van der Waals surface area contributed by atoms with Crippen molar-refractivity contribution in [2.24, 2.45) is 56.5 Å². The van der Waals surface area contributed by atoms with Crippen molar-refractivity contribution in [1.82, 2.24) is 4.90 Å². The molecule has 2 spiro atoms. The van der Waals surface area contributed by atoms with Gasteiger partial charge in [-0.2, -0.15) is 0 Å². The third-order valence-electron chi connectivity index (χ3n) is 13.8.